The molecule has 6 nitrogen and oxygen atoms in total. The largest absolute Gasteiger partial charge is 0.454 e. The standard InChI is InChI=1S/C19H16Cl3NO5S/c20-13-4-5-14(16(22)10-13)17(24)11-28-19(25)12-3-6-15(21)18(9-12)29(26,27)23-7-1-2-8-23/h3-6,9-10H,1-2,7-8,11H2. The smallest absolute Gasteiger partial charge is 0.338 e. The Morgan fingerprint density at radius 2 is 1.66 bits per heavy atom. The molecule has 0 radical (unpaired) electrons. The van der Waals surface area contributed by atoms with E-state index in [1.807, 2.05) is 0 Å². The summed E-state index contributed by atoms with van der Waals surface area (Å²) in [5.41, 5.74) is 0.138. The zero-order valence-electron chi connectivity index (χ0n) is 15.0. The molecular weight excluding hydrogens is 461 g/mol. The van der Waals surface area contributed by atoms with Crippen molar-refractivity contribution < 1.29 is 22.7 Å². The zero-order valence-corrected chi connectivity index (χ0v) is 18.1. The van der Waals surface area contributed by atoms with E-state index in [4.69, 9.17) is 39.5 Å². The number of carbonyl (C=O) groups excluding carboxylic acids is 2. The van der Waals surface area contributed by atoms with Gasteiger partial charge in [-0.25, -0.2) is 13.2 Å². The van der Waals surface area contributed by atoms with Crippen molar-refractivity contribution in [3.8, 4) is 0 Å². The number of halogens is 3. The molecular formula is C19H16Cl3NO5S. The quantitative estimate of drug-likeness (QED) is 0.454. The summed E-state index contributed by atoms with van der Waals surface area (Å²) in [5, 5.41) is 0.526. The lowest BCUT2D eigenvalue weighted by atomic mass is 10.1. The highest BCUT2D eigenvalue weighted by Gasteiger charge is 2.30. The summed E-state index contributed by atoms with van der Waals surface area (Å²) in [6, 6.07) is 8.17. The van der Waals surface area contributed by atoms with E-state index < -0.39 is 28.4 Å². The zero-order chi connectivity index (χ0) is 21.2. The van der Waals surface area contributed by atoms with Gasteiger partial charge in [-0.15, -0.1) is 0 Å². The number of nitrogens with zero attached hydrogens (tertiary/aromatic N) is 1. The van der Waals surface area contributed by atoms with E-state index in [0.29, 0.717) is 18.1 Å². The van der Waals surface area contributed by atoms with Crippen molar-refractivity contribution >= 4 is 56.6 Å². The van der Waals surface area contributed by atoms with Crippen LogP contribution in [0.25, 0.3) is 0 Å². The number of hydrogen-bond donors (Lipinski definition) is 0. The lowest BCUT2D eigenvalue weighted by Crippen LogP contribution is -2.28. The normalized spacial score (nSPS) is 14.7. The first-order valence-electron chi connectivity index (χ1n) is 8.65. The van der Waals surface area contributed by atoms with E-state index in [2.05, 4.69) is 0 Å². The van der Waals surface area contributed by atoms with Crippen molar-refractivity contribution in [2.75, 3.05) is 19.7 Å². The van der Waals surface area contributed by atoms with Crippen LogP contribution in [-0.2, 0) is 14.8 Å². The molecule has 0 amide bonds. The fourth-order valence-corrected chi connectivity index (χ4v) is 5.43. The summed E-state index contributed by atoms with van der Waals surface area (Å²) in [6.45, 7) is 0.254. The average molecular weight is 477 g/mol. The van der Waals surface area contributed by atoms with Gasteiger partial charge in [-0.05, 0) is 49.2 Å². The van der Waals surface area contributed by atoms with Crippen molar-refractivity contribution in [3.63, 3.8) is 0 Å². The first-order valence-corrected chi connectivity index (χ1v) is 11.2. The second kappa shape index (κ2) is 9.02. The SMILES string of the molecule is O=C(OCC(=O)c1ccc(Cl)cc1Cl)c1ccc(Cl)c(S(=O)(=O)N2CCCC2)c1. The number of rotatable bonds is 6. The summed E-state index contributed by atoms with van der Waals surface area (Å²) in [5.74, 6) is -1.36. The molecule has 3 rings (SSSR count). The molecule has 1 saturated heterocycles. The molecule has 154 valence electrons. The van der Waals surface area contributed by atoms with Gasteiger partial charge in [-0.1, -0.05) is 34.8 Å². The number of benzene rings is 2. The Bertz CT molecular complexity index is 1070. The molecule has 1 aliphatic rings. The van der Waals surface area contributed by atoms with E-state index >= 15 is 0 Å². The van der Waals surface area contributed by atoms with Crippen molar-refractivity contribution in [2.45, 2.75) is 17.7 Å². The van der Waals surface area contributed by atoms with Crippen molar-refractivity contribution in [1.29, 1.82) is 0 Å². The van der Waals surface area contributed by atoms with Crippen LogP contribution in [0.3, 0.4) is 0 Å². The number of carbonyl (C=O) groups is 2. The van der Waals surface area contributed by atoms with Gasteiger partial charge in [0.25, 0.3) is 0 Å². The third-order valence-corrected chi connectivity index (χ3v) is 7.34. The van der Waals surface area contributed by atoms with Gasteiger partial charge < -0.3 is 4.74 Å². The van der Waals surface area contributed by atoms with Gasteiger partial charge in [0.2, 0.25) is 15.8 Å². The third-order valence-electron chi connectivity index (χ3n) is 4.42. The predicted molar refractivity (Wildman–Crippen MR) is 111 cm³/mol. The van der Waals surface area contributed by atoms with Crippen LogP contribution < -0.4 is 0 Å². The molecule has 1 heterocycles. The Labute approximate surface area is 183 Å². The summed E-state index contributed by atoms with van der Waals surface area (Å²) in [7, 11) is -3.81. The van der Waals surface area contributed by atoms with Crippen LogP contribution in [0.2, 0.25) is 15.1 Å². The van der Waals surface area contributed by atoms with Crippen LogP contribution in [0.1, 0.15) is 33.6 Å². The topological polar surface area (TPSA) is 80.8 Å². The van der Waals surface area contributed by atoms with Crippen molar-refractivity contribution in [3.05, 3.63) is 62.6 Å². The minimum atomic E-state index is -3.81. The van der Waals surface area contributed by atoms with Gasteiger partial charge in [0.15, 0.2) is 6.61 Å². The monoisotopic (exact) mass is 475 g/mol. The van der Waals surface area contributed by atoms with Crippen LogP contribution in [0.15, 0.2) is 41.3 Å². The molecule has 0 spiro atoms. The summed E-state index contributed by atoms with van der Waals surface area (Å²) >= 11 is 17.8. The van der Waals surface area contributed by atoms with Crippen LogP contribution in [0, 0.1) is 0 Å². The molecule has 2 aromatic carbocycles. The summed E-state index contributed by atoms with van der Waals surface area (Å²) < 4.78 is 31.9. The van der Waals surface area contributed by atoms with Crippen LogP contribution in [0.4, 0.5) is 0 Å². The highest BCUT2D eigenvalue weighted by Crippen LogP contribution is 2.28. The van der Waals surface area contributed by atoms with Gasteiger partial charge in [0.05, 0.1) is 15.6 Å². The van der Waals surface area contributed by atoms with Gasteiger partial charge in [0, 0.05) is 23.7 Å². The summed E-state index contributed by atoms with van der Waals surface area (Å²) in [4.78, 5) is 24.4. The maximum atomic E-state index is 12.8. The maximum absolute atomic E-state index is 12.8. The highest BCUT2D eigenvalue weighted by atomic mass is 35.5. The first kappa shape index (κ1) is 22.1. The van der Waals surface area contributed by atoms with E-state index in [0.717, 1.165) is 18.9 Å². The molecule has 0 unspecified atom stereocenters. The fourth-order valence-electron chi connectivity index (χ4n) is 2.90. The van der Waals surface area contributed by atoms with E-state index in [-0.39, 0.29) is 26.1 Å². The van der Waals surface area contributed by atoms with E-state index in [1.54, 1.807) is 0 Å². The molecule has 0 bridgehead atoms. The molecule has 1 fully saturated rings. The number of ketones is 1. The highest BCUT2D eigenvalue weighted by molar-refractivity contribution is 7.89. The Hall–Kier alpha value is -1.64. The second-order valence-electron chi connectivity index (χ2n) is 6.38. The minimum absolute atomic E-state index is 0.0115. The van der Waals surface area contributed by atoms with Gasteiger partial charge in [-0.2, -0.15) is 4.31 Å². The fraction of sp³-hybridized carbons (Fsp3) is 0.263. The third kappa shape index (κ3) is 4.92. The van der Waals surface area contributed by atoms with Gasteiger partial charge in [0.1, 0.15) is 4.90 Å². The number of esters is 1. The van der Waals surface area contributed by atoms with Crippen molar-refractivity contribution in [1.82, 2.24) is 4.31 Å². The molecule has 0 aromatic heterocycles. The number of sulfonamides is 1. The number of hydrogen-bond acceptors (Lipinski definition) is 5. The van der Waals surface area contributed by atoms with Crippen LogP contribution in [-0.4, -0.2) is 44.2 Å². The lowest BCUT2D eigenvalue weighted by Gasteiger charge is -2.17. The van der Waals surface area contributed by atoms with E-state index in [9.17, 15) is 18.0 Å². The maximum Gasteiger partial charge on any atom is 0.338 e. The lowest BCUT2D eigenvalue weighted by molar-refractivity contribution is 0.0474. The Balaban J connectivity index is 1.75. The second-order valence-corrected chi connectivity index (χ2v) is 9.54. The van der Waals surface area contributed by atoms with Crippen LogP contribution >= 0.6 is 34.8 Å². The molecule has 0 atom stereocenters. The Morgan fingerprint density at radius 1 is 0.966 bits per heavy atom. The molecule has 10 heteroatoms. The molecule has 29 heavy (non-hydrogen) atoms. The molecule has 0 saturated carbocycles. The molecule has 0 aliphatic carbocycles. The first-order chi connectivity index (χ1) is 13.7. The summed E-state index contributed by atoms with van der Waals surface area (Å²) in [6.07, 6.45) is 1.54. The Morgan fingerprint density at radius 3 is 2.31 bits per heavy atom. The van der Waals surface area contributed by atoms with E-state index in [1.165, 1.54) is 34.6 Å². The minimum Gasteiger partial charge on any atom is -0.454 e. The number of ether oxygens (including phenoxy) is 1. The number of Topliss-reactive ketones (excluding diaryl/α,β-unsaturated/α-hetero) is 1. The van der Waals surface area contributed by atoms with Gasteiger partial charge in [-0.3, -0.25) is 4.79 Å². The predicted octanol–water partition coefficient (Wildman–Crippen LogP) is 4.47. The Kier molecular flexibility index (Phi) is 6.86. The van der Waals surface area contributed by atoms with Crippen LogP contribution in [0.5, 0.6) is 0 Å². The average Bonchev–Trinajstić information content (AvgIpc) is 3.21. The molecule has 0 N–H and O–H groups in total. The van der Waals surface area contributed by atoms with Gasteiger partial charge >= 0.3 is 5.97 Å². The molecule has 2 aromatic rings. The molecule has 1 aliphatic heterocycles. The van der Waals surface area contributed by atoms with Crippen molar-refractivity contribution in [2.24, 2.45) is 0 Å².